The number of anilines is 3. The summed E-state index contributed by atoms with van der Waals surface area (Å²) < 4.78 is 17.1. The highest BCUT2D eigenvalue weighted by molar-refractivity contribution is 6.09. The van der Waals surface area contributed by atoms with Gasteiger partial charge in [-0.3, -0.25) is 14.5 Å². The van der Waals surface area contributed by atoms with Crippen molar-refractivity contribution in [2.75, 3.05) is 4.90 Å². The predicted octanol–water partition coefficient (Wildman–Crippen LogP) is 13.0. The summed E-state index contributed by atoms with van der Waals surface area (Å²) in [4.78, 5) is 21.3. The maximum Gasteiger partial charge on any atom is 0.247 e. The zero-order valence-corrected chi connectivity index (χ0v) is 34.4. The summed E-state index contributed by atoms with van der Waals surface area (Å²) in [5.74, 6) is 3.25. The number of nitrogens with zero attached hydrogens (tertiary/aromatic N) is 7. The van der Waals surface area contributed by atoms with Crippen molar-refractivity contribution < 1.29 is 14.0 Å². The molecule has 0 fully saturated rings. The molecule has 9 heteroatoms. The third kappa shape index (κ3) is 7.65. The lowest BCUT2D eigenvalue weighted by Crippen LogP contribution is -2.30. The molecule has 6 aromatic carbocycles. The fourth-order valence-corrected chi connectivity index (χ4v) is 8.00. The van der Waals surface area contributed by atoms with Gasteiger partial charge in [0.1, 0.15) is 35.4 Å². The van der Waals surface area contributed by atoms with E-state index in [1.807, 2.05) is 151 Å². The third-order valence-corrected chi connectivity index (χ3v) is 11.0. The normalized spacial score (nSPS) is 11.1. The van der Waals surface area contributed by atoms with E-state index in [1.54, 1.807) is 12.4 Å². The van der Waals surface area contributed by atoms with E-state index >= 15 is 0 Å². The van der Waals surface area contributed by atoms with Gasteiger partial charge in [0.15, 0.2) is 12.4 Å². The molecule has 0 aliphatic carbocycles. The molecule has 9 nitrogen and oxygen atoms in total. The Kier molecular flexibility index (Phi) is 10.00. The van der Waals surface area contributed by atoms with E-state index in [2.05, 4.69) is 92.2 Å². The fraction of sp³-hybridized carbons (Fsp3) is 0. The molecule has 0 aliphatic rings. The number of hydrogen-bond acceptors (Lipinski definition) is 7. The molecule has 64 heavy (non-hydrogen) atoms. The predicted molar refractivity (Wildman–Crippen MR) is 252 cm³/mol. The molecule has 0 saturated carbocycles. The van der Waals surface area contributed by atoms with Crippen LogP contribution in [0.25, 0.3) is 56.0 Å². The molecule has 0 radical (unpaired) electrons. The van der Waals surface area contributed by atoms with E-state index in [1.165, 1.54) is 0 Å². The van der Waals surface area contributed by atoms with Crippen LogP contribution in [0, 0.1) is 0 Å². The van der Waals surface area contributed by atoms with Gasteiger partial charge in [0, 0.05) is 69.9 Å². The van der Waals surface area contributed by atoms with Crippen LogP contribution in [-0.4, -0.2) is 24.5 Å². The smallest absolute Gasteiger partial charge is 0.247 e. The molecule has 0 spiro atoms. The van der Waals surface area contributed by atoms with Gasteiger partial charge in [-0.2, -0.15) is 4.57 Å². The van der Waals surface area contributed by atoms with Crippen molar-refractivity contribution in [2.45, 2.75) is 0 Å². The molecule has 0 bridgehead atoms. The fourth-order valence-electron chi connectivity index (χ4n) is 8.00. The van der Waals surface area contributed by atoms with Crippen LogP contribution in [-0.2, 0) is 0 Å². The summed E-state index contributed by atoms with van der Waals surface area (Å²) in [5, 5.41) is 2.04. The van der Waals surface area contributed by atoms with Crippen molar-refractivity contribution in [3.63, 3.8) is 0 Å². The van der Waals surface area contributed by atoms with Crippen molar-refractivity contribution in [3.8, 4) is 57.1 Å². The zero-order valence-electron chi connectivity index (χ0n) is 34.4. The molecule has 5 aromatic heterocycles. The van der Waals surface area contributed by atoms with Gasteiger partial charge in [-0.15, -0.1) is 0 Å². The summed E-state index contributed by atoms with van der Waals surface area (Å²) in [6.45, 7) is 0. The monoisotopic (exact) mass is 828 g/mol. The molecular weight excluding hydrogens is 791 g/mol. The maximum absolute atomic E-state index is 6.53. The van der Waals surface area contributed by atoms with Crippen LogP contribution in [0.5, 0.6) is 23.0 Å². The molecule has 0 saturated heterocycles. The molecule has 5 heterocycles. The Balaban J connectivity index is 0.962. The summed E-state index contributed by atoms with van der Waals surface area (Å²) in [7, 11) is 0. The number of rotatable bonds is 11. The van der Waals surface area contributed by atoms with Crippen LogP contribution in [0.1, 0.15) is 0 Å². The lowest BCUT2D eigenvalue weighted by Gasteiger charge is -2.24. The van der Waals surface area contributed by atoms with E-state index in [4.69, 9.17) is 19.4 Å². The highest BCUT2D eigenvalue weighted by atomic mass is 16.5. The Labute approximate surface area is 369 Å². The number of aromatic nitrogens is 6. The number of ether oxygens (including phenoxy) is 2. The van der Waals surface area contributed by atoms with Crippen molar-refractivity contribution >= 4 is 38.9 Å². The highest BCUT2D eigenvalue weighted by Gasteiger charge is 2.19. The van der Waals surface area contributed by atoms with Gasteiger partial charge in [0.25, 0.3) is 0 Å². The van der Waals surface area contributed by atoms with Crippen LogP contribution in [0.2, 0.25) is 0 Å². The number of para-hydroxylation sites is 2. The summed E-state index contributed by atoms with van der Waals surface area (Å²) in [6.07, 6.45) is 11.3. The first-order chi connectivity index (χ1) is 31.7. The average Bonchev–Trinajstić information content (AvgIpc) is 3.68. The maximum atomic E-state index is 6.53. The summed E-state index contributed by atoms with van der Waals surface area (Å²) >= 11 is 0. The molecule has 0 unspecified atom stereocenters. The number of fused-ring (bicyclic) bond motifs is 3. The Morgan fingerprint density at radius 3 is 1.36 bits per heavy atom. The second-order valence-electron chi connectivity index (χ2n) is 15.1. The Hall–Kier alpha value is -8.95. The van der Waals surface area contributed by atoms with Crippen molar-refractivity contribution in [2.24, 2.45) is 0 Å². The lowest BCUT2D eigenvalue weighted by molar-refractivity contribution is -0.596. The van der Waals surface area contributed by atoms with Crippen molar-refractivity contribution in [1.29, 1.82) is 0 Å². The second-order valence-corrected chi connectivity index (χ2v) is 15.1. The molecule has 11 aromatic rings. The van der Waals surface area contributed by atoms with Gasteiger partial charge >= 0.3 is 0 Å². The standard InChI is InChI=1S/C55H38N7O2/c1-3-15-41(16-4-1)61(42-17-5-2-6-18-42)43-27-31-60(32-28-43)44-37-58-55(59-38-44)62-53-35-47(63-45-19-11-13-39(33-45)51-21-7-9-29-56-51)23-25-49(53)50-26-24-48(36-54(50)62)64-46-20-12-14-40(34-46)52-22-8-10-30-57-52/h1-38H/q+1. The number of benzene rings is 6. The minimum Gasteiger partial charge on any atom is -0.457 e. The van der Waals surface area contributed by atoms with E-state index in [0.29, 0.717) is 28.9 Å². The molecule has 11 rings (SSSR count). The van der Waals surface area contributed by atoms with Gasteiger partial charge in [-0.05, 0) is 97.1 Å². The van der Waals surface area contributed by atoms with Gasteiger partial charge in [-0.25, -0.2) is 9.97 Å². The molecule has 304 valence electrons. The van der Waals surface area contributed by atoms with Gasteiger partial charge in [0.05, 0.1) is 28.1 Å². The van der Waals surface area contributed by atoms with Crippen molar-refractivity contribution in [1.82, 2.24) is 24.5 Å². The van der Waals surface area contributed by atoms with Gasteiger partial charge in [0.2, 0.25) is 11.6 Å². The van der Waals surface area contributed by atoms with E-state index in [9.17, 15) is 0 Å². The van der Waals surface area contributed by atoms with E-state index < -0.39 is 0 Å². The van der Waals surface area contributed by atoms with Gasteiger partial charge < -0.3 is 14.4 Å². The third-order valence-electron chi connectivity index (χ3n) is 11.0. The molecule has 0 N–H and O–H groups in total. The van der Waals surface area contributed by atoms with Gasteiger partial charge in [-0.1, -0.05) is 72.8 Å². The molecule has 0 atom stereocenters. The molecular formula is C55H38N7O2+. The van der Waals surface area contributed by atoms with Crippen molar-refractivity contribution in [3.05, 3.63) is 231 Å². The Morgan fingerprint density at radius 1 is 0.406 bits per heavy atom. The van der Waals surface area contributed by atoms with E-state index in [0.717, 1.165) is 67.1 Å². The first-order valence-corrected chi connectivity index (χ1v) is 20.9. The topological polar surface area (TPSA) is 82.1 Å². The first kappa shape index (κ1) is 38.0. The highest BCUT2D eigenvalue weighted by Crippen LogP contribution is 2.38. The minimum absolute atomic E-state index is 0.504. The minimum atomic E-state index is 0.504. The Bertz CT molecular complexity index is 3180. The van der Waals surface area contributed by atoms with Crippen LogP contribution in [0.4, 0.5) is 17.1 Å². The van der Waals surface area contributed by atoms with Crippen LogP contribution in [0.15, 0.2) is 231 Å². The number of hydrogen-bond donors (Lipinski definition) is 0. The Morgan fingerprint density at radius 2 is 0.875 bits per heavy atom. The van der Waals surface area contributed by atoms with Crippen LogP contribution in [0.3, 0.4) is 0 Å². The summed E-state index contributed by atoms with van der Waals surface area (Å²) in [5.41, 5.74) is 9.45. The quantitative estimate of drug-likeness (QED) is 0.120. The molecule has 0 aliphatic heterocycles. The molecule has 0 amide bonds. The number of pyridine rings is 3. The lowest BCUT2D eigenvalue weighted by atomic mass is 10.1. The average molecular weight is 829 g/mol. The summed E-state index contributed by atoms with van der Waals surface area (Å²) in [6, 6.07) is 64.8. The van der Waals surface area contributed by atoms with E-state index in [-0.39, 0.29) is 0 Å². The SMILES string of the molecule is c1ccc(N(c2ccccc2)c2cc[n+](-c3cnc(-n4c5cc(Oc6cccc(-c7ccccn7)c6)ccc5c5ccc(Oc6cccc(-c7ccccn7)c6)cc54)nc3)cc2)cc1. The van der Waals surface area contributed by atoms with Crippen LogP contribution >= 0.6 is 0 Å². The zero-order chi connectivity index (χ0) is 42.7. The largest absolute Gasteiger partial charge is 0.457 e. The second kappa shape index (κ2) is 16.8. The van der Waals surface area contributed by atoms with Crippen LogP contribution < -0.4 is 18.9 Å². The first-order valence-electron chi connectivity index (χ1n) is 20.9.